The first-order valence-electron chi connectivity index (χ1n) is 14.4. The summed E-state index contributed by atoms with van der Waals surface area (Å²) in [4.78, 5) is 30.3. The van der Waals surface area contributed by atoms with Crippen LogP contribution in [-0.4, -0.2) is 66.4 Å². The molecular formula is C30H36FN5O5Si. The lowest BCUT2D eigenvalue weighted by atomic mass is 9.82. The Balaban J connectivity index is 1.40. The highest BCUT2D eigenvalue weighted by molar-refractivity contribution is 6.72. The van der Waals surface area contributed by atoms with Gasteiger partial charge in [0.1, 0.15) is 6.61 Å². The quantitative estimate of drug-likeness (QED) is 0.293. The summed E-state index contributed by atoms with van der Waals surface area (Å²) < 4.78 is 29.9. The van der Waals surface area contributed by atoms with Gasteiger partial charge in [0.05, 0.1) is 30.6 Å². The van der Waals surface area contributed by atoms with Crippen molar-refractivity contribution in [3.63, 3.8) is 0 Å². The van der Waals surface area contributed by atoms with Crippen molar-refractivity contribution in [2.24, 2.45) is 5.92 Å². The van der Waals surface area contributed by atoms with Gasteiger partial charge in [0.2, 0.25) is 8.41 Å². The van der Waals surface area contributed by atoms with Crippen LogP contribution >= 0.6 is 0 Å². The summed E-state index contributed by atoms with van der Waals surface area (Å²) in [5, 5.41) is 17.5. The molecule has 3 aromatic rings. The number of carbonyl (C=O) groups is 2. The van der Waals surface area contributed by atoms with E-state index in [0.717, 1.165) is 5.56 Å². The number of rotatable bonds is 9. The number of aryl methyl sites for hydroxylation is 1. The second-order valence-corrected chi connectivity index (χ2v) is 15.6. The molecule has 1 aromatic heterocycles. The number of aliphatic hydroxyl groups is 1. The van der Waals surface area contributed by atoms with Crippen molar-refractivity contribution in [2.75, 3.05) is 29.6 Å². The zero-order valence-electron chi connectivity index (χ0n) is 24.1. The molecule has 222 valence electrons. The normalized spacial score (nSPS) is 25.5. The standard InChI is InChI=1S/C30H36FN5O5Si/c1-20-27(42(2,3)31)26(11-13-34-19-22(12-15-37)32-33-34)41-30(20)24-17-23(35-14-16-40-29(35)39)9-10-25(24)36(28(30)38)18-21-7-5-4-6-8-21/h4-10,17,19-20,26-27,37H,11-16,18H2,1-3H3/t20-,26+,27-,30+/m0/s1. The summed E-state index contributed by atoms with van der Waals surface area (Å²) >= 11 is 0. The van der Waals surface area contributed by atoms with E-state index in [1.165, 1.54) is 0 Å². The Morgan fingerprint density at radius 2 is 1.95 bits per heavy atom. The molecule has 0 bridgehead atoms. The molecule has 0 unspecified atom stereocenters. The van der Waals surface area contributed by atoms with Crippen molar-refractivity contribution in [1.29, 1.82) is 0 Å². The number of carbonyl (C=O) groups excluding carboxylic acids is 2. The third-order valence-electron chi connectivity index (χ3n) is 8.80. The summed E-state index contributed by atoms with van der Waals surface area (Å²) in [5.74, 6) is -0.672. The minimum atomic E-state index is -3.35. The molecule has 10 nitrogen and oxygen atoms in total. The Morgan fingerprint density at radius 1 is 1.17 bits per heavy atom. The number of anilines is 2. The van der Waals surface area contributed by atoms with Crippen molar-refractivity contribution in [3.05, 3.63) is 71.5 Å². The molecule has 0 saturated carbocycles. The Morgan fingerprint density at radius 3 is 2.64 bits per heavy atom. The van der Waals surface area contributed by atoms with Gasteiger partial charge in [0.15, 0.2) is 5.60 Å². The topological polar surface area (TPSA) is 110 Å². The third kappa shape index (κ3) is 4.80. The van der Waals surface area contributed by atoms with Gasteiger partial charge < -0.3 is 23.6 Å². The summed E-state index contributed by atoms with van der Waals surface area (Å²) in [6.07, 6.45) is 1.65. The Bertz CT molecular complexity index is 1480. The molecule has 1 N–H and O–H groups in total. The Hall–Kier alpha value is -3.61. The van der Waals surface area contributed by atoms with Crippen LogP contribution in [-0.2, 0) is 39.4 Å². The van der Waals surface area contributed by atoms with Crippen LogP contribution in [0.5, 0.6) is 0 Å². The van der Waals surface area contributed by atoms with Crippen LogP contribution in [0.4, 0.5) is 20.3 Å². The largest absolute Gasteiger partial charge is 0.447 e. The Kier molecular flexibility index (Phi) is 7.40. The highest BCUT2D eigenvalue weighted by Gasteiger charge is 2.66. The molecule has 12 heteroatoms. The first-order chi connectivity index (χ1) is 20.1. The van der Waals surface area contributed by atoms with Crippen LogP contribution < -0.4 is 9.80 Å². The lowest BCUT2D eigenvalue weighted by Gasteiger charge is -2.31. The minimum Gasteiger partial charge on any atom is -0.447 e. The number of hydrogen-bond acceptors (Lipinski definition) is 7. The number of hydrogen-bond donors (Lipinski definition) is 1. The molecule has 4 atom stereocenters. The number of nitrogens with zero attached hydrogens (tertiary/aromatic N) is 5. The van der Waals surface area contributed by atoms with Gasteiger partial charge in [-0.05, 0) is 43.3 Å². The molecule has 0 aliphatic carbocycles. The Labute approximate surface area is 245 Å². The van der Waals surface area contributed by atoms with E-state index >= 15 is 4.11 Å². The number of aliphatic hydroxyl groups excluding tert-OH is 1. The smallest absolute Gasteiger partial charge is 0.414 e. The molecule has 0 radical (unpaired) electrons. The third-order valence-corrected chi connectivity index (χ3v) is 11.3. The number of fused-ring (bicyclic) bond motifs is 2. The van der Waals surface area contributed by atoms with Gasteiger partial charge in [-0.2, -0.15) is 0 Å². The van der Waals surface area contributed by atoms with Gasteiger partial charge in [0.25, 0.3) is 5.91 Å². The van der Waals surface area contributed by atoms with Crippen LogP contribution in [0.15, 0.2) is 54.7 Å². The molecule has 3 aliphatic heterocycles. The van der Waals surface area contributed by atoms with Crippen LogP contribution in [0.25, 0.3) is 0 Å². The maximum absolute atomic E-state index is 16.2. The van der Waals surface area contributed by atoms with E-state index in [4.69, 9.17) is 9.47 Å². The lowest BCUT2D eigenvalue weighted by molar-refractivity contribution is -0.146. The molecule has 1 spiro atoms. The van der Waals surface area contributed by atoms with E-state index in [2.05, 4.69) is 10.3 Å². The average molecular weight is 594 g/mol. The molecule has 2 amide bonds. The minimum absolute atomic E-state index is 0.0215. The summed E-state index contributed by atoms with van der Waals surface area (Å²) in [5.41, 5.74) is 1.75. The molecule has 42 heavy (non-hydrogen) atoms. The van der Waals surface area contributed by atoms with Crippen LogP contribution in [0.1, 0.15) is 30.2 Å². The van der Waals surface area contributed by atoms with Crippen LogP contribution in [0.2, 0.25) is 18.6 Å². The zero-order chi connectivity index (χ0) is 29.6. The number of cyclic esters (lactones) is 1. The van der Waals surface area contributed by atoms with Gasteiger partial charge in [-0.3, -0.25) is 14.4 Å². The molecular weight excluding hydrogens is 557 g/mol. The summed E-state index contributed by atoms with van der Waals surface area (Å²) in [6.45, 7) is 6.74. The molecule has 2 saturated heterocycles. The number of aromatic nitrogens is 3. The lowest BCUT2D eigenvalue weighted by Crippen LogP contribution is -2.45. The number of benzene rings is 2. The van der Waals surface area contributed by atoms with Crippen molar-refractivity contribution in [1.82, 2.24) is 15.0 Å². The first kappa shape index (κ1) is 28.5. The first-order valence-corrected chi connectivity index (χ1v) is 17.4. The van der Waals surface area contributed by atoms with E-state index in [0.29, 0.717) is 61.7 Å². The van der Waals surface area contributed by atoms with Crippen LogP contribution in [0, 0.1) is 5.92 Å². The van der Waals surface area contributed by atoms with Gasteiger partial charge >= 0.3 is 6.09 Å². The molecule has 2 aromatic carbocycles. The number of ether oxygens (including phenoxy) is 2. The number of amides is 2. The second-order valence-electron chi connectivity index (χ2n) is 11.9. The van der Waals surface area contributed by atoms with Crippen molar-refractivity contribution in [3.8, 4) is 0 Å². The summed E-state index contributed by atoms with van der Waals surface area (Å²) in [7, 11) is -3.35. The fourth-order valence-electron chi connectivity index (χ4n) is 6.96. The van der Waals surface area contributed by atoms with E-state index in [9.17, 15) is 14.7 Å². The highest BCUT2D eigenvalue weighted by Crippen LogP contribution is 2.60. The molecule has 4 heterocycles. The number of halogens is 1. The van der Waals surface area contributed by atoms with Crippen molar-refractivity contribution in [2.45, 2.75) is 63.2 Å². The van der Waals surface area contributed by atoms with Gasteiger partial charge in [0, 0.05) is 48.5 Å². The van der Waals surface area contributed by atoms with Gasteiger partial charge in [-0.15, -0.1) is 5.10 Å². The molecule has 6 rings (SSSR count). The van der Waals surface area contributed by atoms with Crippen molar-refractivity contribution < 1.29 is 28.3 Å². The van der Waals surface area contributed by atoms with Crippen molar-refractivity contribution >= 4 is 31.8 Å². The maximum Gasteiger partial charge on any atom is 0.414 e. The molecule has 3 aliphatic rings. The SMILES string of the molecule is C[C@H]1[C@H]([Si](C)(C)F)[C@@H](CCn2cc(CCO)nn2)O[C@]12C(=O)N(Cc1ccccc1)c1ccc(N3CCOC3=O)cc12. The van der Waals surface area contributed by atoms with E-state index in [1.807, 2.05) is 55.5 Å². The van der Waals surface area contributed by atoms with E-state index < -0.39 is 37.7 Å². The van der Waals surface area contributed by atoms with E-state index in [-0.39, 0.29) is 12.5 Å². The van der Waals surface area contributed by atoms with Gasteiger partial charge in [-0.1, -0.05) is 42.5 Å². The average Bonchev–Trinajstić information content (AvgIpc) is 3.71. The fraction of sp³-hybridized carbons (Fsp3) is 0.467. The predicted molar refractivity (Wildman–Crippen MR) is 156 cm³/mol. The summed E-state index contributed by atoms with van der Waals surface area (Å²) in [6, 6.07) is 15.3. The zero-order valence-corrected chi connectivity index (χ0v) is 25.1. The van der Waals surface area contributed by atoms with Crippen LogP contribution in [0.3, 0.4) is 0 Å². The maximum atomic E-state index is 16.2. The monoisotopic (exact) mass is 593 g/mol. The molecule has 2 fully saturated rings. The highest BCUT2D eigenvalue weighted by atomic mass is 28.4. The van der Waals surface area contributed by atoms with Gasteiger partial charge in [-0.25, -0.2) is 4.79 Å². The predicted octanol–water partition coefficient (Wildman–Crippen LogP) is 4.18. The fourth-order valence-corrected chi connectivity index (χ4v) is 9.50. The van der Waals surface area contributed by atoms with E-state index in [1.54, 1.807) is 33.8 Å². The second kappa shape index (κ2) is 10.9.